The molecule has 7 nitrogen and oxygen atoms in total. The zero-order valence-electron chi connectivity index (χ0n) is 36.0. The van der Waals surface area contributed by atoms with Crippen molar-refractivity contribution in [1.29, 1.82) is 0 Å². The Kier molecular flexibility index (Phi) is 40.3. The standard InChI is InChI=1S/C47H87NO6/c1-5-52-45(49)40-35-31-27-23-19-15-11-7-9-13-17-21-25-29-33-38-44(54-47(51)42-37-43-48(3)4)39-34-30-26-22-18-14-10-8-12-16-20-24-28-32-36-41-46(50)53-6-2/h7-8,11-12,44H,5-6,9-10,13-43H2,1-4H3. The molecule has 0 aliphatic heterocycles. The topological polar surface area (TPSA) is 82.1 Å². The highest BCUT2D eigenvalue weighted by Gasteiger charge is 2.14. The summed E-state index contributed by atoms with van der Waals surface area (Å²) >= 11 is 0. The third kappa shape index (κ3) is 41.0. The first kappa shape index (κ1) is 51.9. The summed E-state index contributed by atoms with van der Waals surface area (Å²) in [5.74, 6) is -0.129. The van der Waals surface area contributed by atoms with E-state index < -0.39 is 0 Å². The molecule has 0 aliphatic rings. The normalized spacial score (nSPS) is 12.2. The average molecular weight is 762 g/mol. The van der Waals surface area contributed by atoms with Gasteiger partial charge in [0.15, 0.2) is 0 Å². The van der Waals surface area contributed by atoms with Crippen LogP contribution < -0.4 is 0 Å². The summed E-state index contributed by atoms with van der Waals surface area (Å²) in [5, 5.41) is 0. The van der Waals surface area contributed by atoms with Gasteiger partial charge in [0.05, 0.1) is 13.2 Å². The van der Waals surface area contributed by atoms with Crippen LogP contribution in [0.4, 0.5) is 0 Å². The van der Waals surface area contributed by atoms with Gasteiger partial charge < -0.3 is 19.1 Å². The lowest BCUT2D eigenvalue weighted by Crippen LogP contribution is -2.20. The van der Waals surface area contributed by atoms with Gasteiger partial charge in [0.25, 0.3) is 0 Å². The maximum atomic E-state index is 12.6. The van der Waals surface area contributed by atoms with Gasteiger partial charge in [-0.05, 0) is 131 Å². The minimum Gasteiger partial charge on any atom is -0.466 e. The van der Waals surface area contributed by atoms with Crippen LogP contribution in [0.15, 0.2) is 24.3 Å². The summed E-state index contributed by atoms with van der Waals surface area (Å²) in [5.41, 5.74) is 0. The molecule has 0 radical (unpaired) electrons. The fourth-order valence-electron chi connectivity index (χ4n) is 6.79. The molecule has 0 aromatic heterocycles. The summed E-state index contributed by atoms with van der Waals surface area (Å²) < 4.78 is 16.0. The van der Waals surface area contributed by atoms with Crippen molar-refractivity contribution in [2.24, 2.45) is 0 Å². The Hall–Kier alpha value is -2.15. The fraction of sp³-hybridized carbons (Fsp3) is 0.851. The van der Waals surface area contributed by atoms with Crippen LogP contribution >= 0.6 is 0 Å². The maximum absolute atomic E-state index is 12.6. The van der Waals surface area contributed by atoms with E-state index in [2.05, 4.69) is 43.3 Å². The lowest BCUT2D eigenvalue weighted by Gasteiger charge is -2.18. The number of carbonyl (C=O) groups excluding carboxylic acids is 3. The third-order valence-electron chi connectivity index (χ3n) is 10.0. The Bertz CT molecular complexity index is 843. The largest absolute Gasteiger partial charge is 0.466 e. The van der Waals surface area contributed by atoms with Gasteiger partial charge in [0, 0.05) is 19.3 Å². The first-order valence-corrected chi connectivity index (χ1v) is 22.8. The summed E-state index contributed by atoms with van der Waals surface area (Å²) in [6.07, 6.45) is 45.4. The van der Waals surface area contributed by atoms with Crippen molar-refractivity contribution in [3.63, 3.8) is 0 Å². The van der Waals surface area contributed by atoms with Crippen molar-refractivity contribution in [3.8, 4) is 0 Å². The lowest BCUT2D eigenvalue weighted by atomic mass is 10.0. The average Bonchev–Trinajstić information content (AvgIpc) is 3.14. The van der Waals surface area contributed by atoms with Crippen molar-refractivity contribution in [1.82, 2.24) is 4.90 Å². The Morgan fingerprint density at radius 3 is 1.09 bits per heavy atom. The van der Waals surface area contributed by atoms with Crippen molar-refractivity contribution in [2.75, 3.05) is 33.9 Å². The number of unbranched alkanes of at least 4 members (excludes halogenated alkanes) is 22. The van der Waals surface area contributed by atoms with Crippen LogP contribution in [0.25, 0.3) is 0 Å². The van der Waals surface area contributed by atoms with Crippen LogP contribution in [0.2, 0.25) is 0 Å². The van der Waals surface area contributed by atoms with Gasteiger partial charge >= 0.3 is 17.9 Å². The second-order valence-corrected chi connectivity index (χ2v) is 15.6. The van der Waals surface area contributed by atoms with Crippen LogP contribution in [-0.4, -0.2) is 62.8 Å². The Morgan fingerprint density at radius 1 is 0.426 bits per heavy atom. The minimum atomic E-state index is -0.0576. The van der Waals surface area contributed by atoms with E-state index in [1.807, 2.05) is 13.8 Å². The molecule has 0 bridgehead atoms. The number of hydrogen-bond acceptors (Lipinski definition) is 7. The minimum absolute atomic E-state index is 0.0139. The second-order valence-electron chi connectivity index (χ2n) is 15.6. The number of allylic oxidation sites excluding steroid dienone is 4. The molecule has 316 valence electrons. The molecule has 0 aromatic rings. The number of hydrogen-bond donors (Lipinski definition) is 0. The van der Waals surface area contributed by atoms with Crippen molar-refractivity contribution in [3.05, 3.63) is 24.3 Å². The molecule has 0 fully saturated rings. The molecule has 0 atom stereocenters. The van der Waals surface area contributed by atoms with E-state index in [1.54, 1.807) is 0 Å². The molecule has 0 aliphatic carbocycles. The van der Waals surface area contributed by atoms with E-state index in [9.17, 15) is 14.4 Å². The van der Waals surface area contributed by atoms with Gasteiger partial charge in [-0.25, -0.2) is 0 Å². The van der Waals surface area contributed by atoms with E-state index >= 15 is 0 Å². The first-order valence-electron chi connectivity index (χ1n) is 22.8. The first-order chi connectivity index (χ1) is 26.4. The third-order valence-corrected chi connectivity index (χ3v) is 10.0. The molecule has 0 N–H and O–H groups in total. The van der Waals surface area contributed by atoms with E-state index in [-0.39, 0.29) is 24.0 Å². The second kappa shape index (κ2) is 42.0. The predicted molar refractivity (Wildman–Crippen MR) is 228 cm³/mol. The highest BCUT2D eigenvalue weighted by Crippen LogP contribution is 2.19. The van der Waals surface area contributed by atoms with Crippen LogP contribution in [0, 0.1) is 0 Å². The van der Waals surface area contributed by atoms with Gasteiger partial charge in [-0.2, -0.15) is 0 Å². The van der Waals surface area contributed by atoms with E-state index in [0.29, 0.717) is 32.5 Å². The van der Waals surface area contributed by atoms with Crippen molar-refractivity contribution in [2.45, 2.75) is 225 Å². The summed E-state index contributed by atoms with van der Waals surface area (Å²) in [6.45, 7) is 5.61. The molecule has 0 unspecified atom stereocenters. The molecule has 54 heavy (non-hydrogen) atoms. The SMILES string of the molecule is CCOC(=O)CCCCCCCC=CCCCCCCCCC(CCCCCCCCC=CCCCCCCCC(=O)OCC)OC(=O)CCCN(C)C. The van der Waals surface area contributed by atoms with Crippen LogP contribution in [-0.2, 0) is 28.6 Å². The van der Waals surface area contributed by atoms with Crippen LogP contribution in [0.1, 0.15) is 219 Å². The Morgan fingerprint density at radius 2 is 0.741 bits per heavy atom. The summed E-state index contributed by atoms with van der Waals surface area (Å²) in [4.78, 5) is 37.4. The van der Waals surface area contributed by atoms with E-state index in [1.165, 1.54) is 128 Å². The van der Waals surface area contributed by atoms with Crippen LogP contribution in [0.5, 0.6) is 0 Å². The van der Waals surface area contributed by atoms with Gasteiger partial charge in [0.1, 0.15) is 6.10 Å². The molecular formula is C47H87NO6. The highest BCUT2D eigenvalue weighted by molar-refractivity contribution is 5.70. The predicted octanol–water partition coefficient (Wildman–Crippen LogP) is 13.2. The van der Waals surface area contributed by atoms with Gasteiger partial charge in [-0.3, -0.25) is 14.4 Å². The molecular weight excluding hydrogens is 675 g/mol. The molecule has 0 heterocycles. The van der Waals surface area contributed by atoms with Crippen molar-refractivity contribution >= 4 is 17.9 Å². The molecule has 0 saturated carbocycles. The van der Waals surface area contributed by atoms with Crippen molar-refractivity contribution < 1.29 is 28.6 Å². The number of esters is 3. The lowest BCUT2D eigenvalue weighted by molar-refractivity contribution is -0.150. The summed E-state index contributed by atoms with van der Waals surface area (Å²) in [7, 11) is 4.10. The van der Waals surface area contributed by atoms with Gasteiger partial charge in [-0.15, -0.1) is 0 Å². The molecule has 0 spiro atoms. The monoisotopic (exact) mass is 762 g/mol. The van der Waals surface area contributed by atoms with E-state index in [0.717, 1.165) is 64.3 Å². The fourth-order valence-corrected chi connectivity index (χ4v) is 6.79. The number of ether oxygens (including phenoxy) is 3. The molecule has 0 amide bonds. The van der Waals surface area contributed by atoms with E-state index in [4.69, 9.17) is 14.2 Å². The number of rotatable bonds is 41. The molecule has 7 heteroatoms. The van der Waals surface area contributed by atoms with Gasteiger partial charge in [-0.1, -0.05) is 114 Å². The molecule has 0 aromatic carbocycles. The zero-order chi connectivity index (χ0) is 39.6. The number of carbonyl (C=O) groups is 3. The van der Waals surface area contributed by atoms with Gasteiger partial charge in [0.2, 0.25) is 0 Å². The Labute approximate surface area is 334 Å². The summed E-state index contributed by atoms with van der Waals surface area (Å²) in [6, 6.07) is 0. The highest BCUT2D eigenvalue weighted by atomic mass is 16.5. The Balaban J connectivity index is 3.92. The zero-order valence-corrected chi connectivity index (χ0v) is 36.0. The van der Waals surface area contributed by atoms with Crippen LogP contribution in [0.3, 0.4) is 0 Å². The number of nitrogens with zero attached hydrogens (tertiary/aromatic N) is 1. The smallest absolute Gasteiger partial charge is 0.306 e. The molecule has 0 rings (SSSR count). The quantitative estimate of drug-likeness (QED) is 0.0265. The molecule has 0 saturated heterocycles. The maximum Gasteiger partial charge on any atom is 0.306 e.